The van der Waals surface area contributed by atoms with Crippen molar-refractivity contribution in [1.29, 1.82) is 0 Å². The number of rotatable bonds is 3. The van der Waals surface area contributed by atoms with Crippen LogP contribution in [0.3, 0.4) is 0 Å². The van der Waals surface area contributed by atoms with Crippen molar-refractivity contribution in [3.63, 3.8) is 0 Å². The molecule has 1 aromatic heterocycles. The van der Waals surface area contributed by atoms with Gasteiger partial charge in [0.2, 0.25) is 0 Å². The fraction of sp³-hybridized carbons (Fsp3) is 0.176. The van der Waals surface area contributed by atoms with Crippen molar-refractivity contribution in [1.82, 2.24) is 0 Å². The van der Waals surface area contributed by atoms with Crippen LogP contribution in [0.25, 0.3) is 11.0 Å². The van der Waals surface area contributed by atoms with E-state index in [-0.39, 0.29) is 5.38 Å². The summed E-state index contributed by atoms with van der Waals surface area (Å²) in [5, 5.41) is 1.92. The molecule has 0 aliphatic rings. The molecule has 1 atom stereocenters. The van der Waals surface area contributed by atoms with Gasteiger partial charge in [0, 0.05) is 5.39 Å². The maximum Gasteiger partial charge on any atom is 0.134 e. The fourth-order valence-corrected chi connectivity index (χ4v) is 2.92. The Balaban J connectivity index is 1.85. The highest BCUT2D eigenvalue weighted by Gasteiger charge is 2.15. The first kappa shape index (κ1) is 14.8. The van der Waals surface area contributed by atoms with E-state index >= 15 is 0 Å². The van der Waals surface area contributed by atoms with Crippen LogP contribution in [0.4, 0.5) is 0 Å². The molecular weight excluding hydrogens is 327 g/mol. The minimum atomic E-state index is -0.241. The third-order valence-electron chi connectivity index (χ3n) is 3.40. The second kappa shape index (κ2) is 5.92. The number of halogens is 3. The van der Waals surface area contributed by atoms with E-state index < -0.39 is 0 Å². The van der Waals surface area contributed by atoms with Crippen molar-refractivity contribution >= 4 is 45.8 Å². The average molecular weight is 340 g/mol. The quantitative estimate of drug-likeness (QED) is 0.492. The van der Waals surface area contributed by atoms with Gasteiger partial charge in [0.05, 0.1) is 15.4 Å². The smallest absolute Gasteiger partial charge is 0.134 e. The molecular formula is C17H13Cl3O. The third kappa shape index (κ3) is 3.21. The van der Waals surface area contributed by atoms with Crippen molar-refractivity contribution in [2.75, 3.05) is 0 Å². The molecule has 3 aromatic rings. The number of fused-ring (bicyclic) bond motifs is 1. The highest BCUT2D eigenvalue weighted by atomic mass is 35.5. The average Bonchev–Trinajstić information content (AvgIpc) is 2.86. The van der Waals surface area contributed by atoms with Crippen molar-refractivity contribution in [3.8, 4) is 0 Å². The zero-order valence-corrected chi connectivity index (χ0v) is 13.6. The van der Waals surface area contributed by atoms with Gasteiger partial charge in [-0.05, 0) is 49.2 Å². The Morgan fingerprint density at radius 1 is 1.00 bits per heavy atom. The van der Waals surface area contributed by atoms with Gasteiger partial charge in [-0.2, -0.15) is 0 Å². The topological polar surface area (TPSA) is 13.1 Å². The summed E-state index contributed by atoms with van der Waals surface area (Å²) in [6.07, 6.45) is 0.636. The van der Waals surface area contributed by atoms with Crippen molar-refractivity contribution < 1.29 is 4.42 Å². The second-order valence-corrected chi connectivity index (χ2v) is 6.45. The van der Waals surface area contributed by atoms with E-state index in [1.807, 2.05) is 30.3 Å². The van der Waals surface area contributed by atoms with Crippen LogP contribution in [-0.2, 0) is 6.42 Å². The first-order valence-corrected chi connectivity index (χ1v) is 7.80. The Morgan fingerprint density at radius 2 is 1.81 bits per heavy atom. The van der Waals surface area contributed by atoms with E-state index in [2.05, 4.69) is 13.0 Å². The van der Waals surface area contributed by atoms with E-state index in [1.54, 1.807) is 6.07 Å². The Kier molecular flexibility index (Phi) is 4.17. The molecule has 21 heavy (non-hydrogen) atoms. The number of aryl methyl sites for hydroxylation is 1. The van der Waals surface area contributed by atoms with E-state index in [0.717, 1.165) is 22.3 Å². The second-order valence-electron chi connectivity index (χ2n) is 5.11. The van der Waals surface area contributed by atoms with Crippen LogP contribution >= 0.6 is 34.8 Å². The van der Waals surface area contributed by atoms with Crippen molar-refractivity contribution in [2.45, 2.75) is 18.7 Å². The maximum absolute atomic E-state index is 6.47. The summed E-state index contributed by atoms with van der Waals surface area (Å²) in [7, 11) is 0. The summed E-state index contributed by atoms with van der Waals surface area (Å²) in [6.45, 7) is 2.06. The van der Waals surface area contributed by atoms with Gasteiger partial charge in [-0.1, -0.05) is 40.9 Å². The van der Waals surface area contributed by atoms with E-state index in [0.29, 0.717) is 16.5 Å². The molecule has 108 valence electrons. The molecule has 0 bridgehead atoms. The molecule has 1 unspecified atom stereocenters. The van der Waals surface area contributed by atoms with Gasteiger partial charge in [0.15, 0.2) is 0 Å². The minimum Gasteiger partial charge on any atom is -0.459 e. The molecule has 1 nitrogen and oxygen atoms in total. The maximum atomic E-state index is 6.47. The third-order valence-corrected chi connectivity index (χ3v) is 4.51. The number of benzene rings is 2. The standard InChI is InChI=1S/C17H13Cl3O/c1-10-2-5-16-12(6-10)9-17(21-16)15(20)8-11-3-4-13(18)14(19)7-11/h2-7,9,15H,8H2,1H3. The van der Waals surface area contributed by atoms with Gasteiger partial charge in [0.1, 0.15) is 11.3 Å². The SMILES string of the molecule is Cc1ccc2oc(C(Cl)Cc3ccc(Cl)c(Cl)c3)cc2c1. The molecule has 0 aliphatic heterocycles. The van der Waals surface area contributed by atoms with Gasteiger partial charge in [-0.3, -0.25) is 0 Å². The molecule has 0 aliphatic carbocycles. The predicted octanol–water partition coefficient (Wildman–Crippen LogP) is 6.57. The van der Waals surface area contributed by atoms with Crippen LogP contribution in [0.2, 0.25) is 10.0 Å². The zero-order valence-electron chi connectivity index (χ0n) is 11.4. The van der Waals surface area contributed by atoms with E-state index in [9.17, 15) is 0 Å². The molecule has 0 fully saturated rings. The van der Waals surface area contributed by atoms with Gasteiger partial charge in [-0.25, -0.2) is 0 Å². The summed E-state index contributed by atoms with van der Waals surface area (Å²) < 4.78 is 5.82. The van der Waals surface area contributed by atoms with Gasteiger partial charge in [-0.15, -0.1) is 11.6 Å². The lowest BCUT2D eigenvalue weighted by atomic mass is 10.1. The van der Waals surface area contributed by atoms with Crippen molar-refractivity contribution in [2.24, 2.45) is 0 Å². The lowest BCUT2D eigenvalue weighted by Crippen LogP contribution is -1.94. The molecule has 0 saturated heterocycles. The highest BCUT2D eigenvalue weighted by Crippen LogP contribution is 2.32. The number of furan rings is 1. The Morgan fingerprint density at radius 3 is 2.57 bits per heavy atom. The molecule has 2 aromatic carbocycles. The van der Waals surface area contributed by atoms with Gasteiger partial charge in [0.25, 0.3) is 0 Å². The summed E-state index contributed by atoms with van der Waals surface area (Å²) in [4.78, 5) is 0. The van der Waals surface area contributed by atoms with Crippen molar-refractivity contribution in [3.05, 3.63) is 69.4 Å². The largest absolute Gasteiger partial charge is 0.459 e. The van der Waals surface area contributed by atoms with E-state index in [1.165, 1.54) is 5.56 Å². The molecule has 0 N–H and O–H groups in total. The highest BCUT2D eigenvalue weighted by molar-refractivity contribution is 6.42. The lowest BCUT2D eigenvalue weighted by molar-refractivity contribution is 0.540. The first-order valence-electron chi connectivity index (χ1n) is 6.61. The van der Waals surface area contributed by atoms with Crippen LogP contribution in [0, 0.1) is 6.92 Å². The minimum absolute atomic E-state index is 0.241. The molecule has 3 rings (SSSR count). The van der Waals surface area contributed by atoms with Gasteiger partial charge < -0.3 is 4.42 Å². The lowest BCUT2D eigenvalue weighted by Gasteiger charge is -2.07. The monoisotopic (exact) mass is 338 g/mol. The summed E-state index contributed by atoms with van der Waals surface area (Å²) in [6, 6.07) is 13.6. The Hall–Kier alpha value is -1.15. The van der Waals surface area contributed by atoms with Gasteiger partial charge >= 0.3 is 0 Å². The van der Waals surface area contributed by atoms with Crippen LogP contribution in [0.5, 0.6) is 0 Å². The predicted molar refractivity (Wildman–Crippen MR) is 89.7 cm³/mol. The summed E-state index contributed by atoms with van der Waals surface area (Å²) >= 11 is 18.4. The molecule has 4 heteroatoms. The zero-order chi connectivity index (χ0) is 15.0. The normalized spacial score (nSPS) is 12.8. The van der Waals surface area contributed by atoms with E-state index in [4.69, 9.17) is 39.2 Å². The molecule has 0 radical (unpaired) electrons. The number of hydrogen-bond donors (Lipinski definition) is 0. The molecule has 0 amide bonds. The number of alkyl halides is 1. The van der Waals surface area contributed by atoms with Crippen LogP contribution < -0.4 is 0 Å². The van der Waals surface area contributed by atoms with Crippen LogP contribution in [-0.4, -0.2) is 0 Å². The summed E-state index contributed by atoms with van der Waals surface area (Å²) in [5.74, 6) is 0.767. The fourth-order valence-electron chi connectivity index (χ4n) is 2.31. The molecule has 0 saturated carbocycles. The summed E-state index contributed by atoms with van der Waals surface area (Å²) in [5.41, 5.74) is 3.09. The molecule has 1 heterocycles. The molecule has 0 spiro atoms. The van der Waals surface area contributed by atoms with Crippen LogP contribution in [0.15, 0.2) is 46.9 Å². The number of hydrogen-bond acceptors (Lipinski definition) is 1. The Bertz CT molecular complexity index is 792. The van der Waals surface area contributed by atoms with Crippen LogP contribution in [0.1, 0.15) is 22.3 Å². The Labute approximate surface area is 138 Å². The first-order chi connectivity index (χ1) is 10.0.